The van der Waals surface area contributed by atoms with Gasteiger partial charge < -0.3 is 15.0 Å². The van der Waals surface area contributed by atoms with Crippen LogP contribution in [-0.4, -0.2) is 47.2 Å². The summed E-state index contributed by atoms with van der Waals surface area (Å²) in [5.41, 5.74) is 2.01. The molecule has 0 fully saturated rings. The molecular weight excluding hydrogens is 328 g/mol. The van der Waals surface area contributed by atoms with E-state index in [1.165, 1.54) is 0 Å². The number of aromatic amines is 1. The Balaban J connectivity index is 1.98. The van der Waals surface area contributed by atoms with E-state index in [1.807, 2.05) is 24.3 Å². The van der Waals surface area contributed by atoms with E-state index in [4.69, 9.17) is 4.74 Å². The maximum Gasteiger partial charge on any atom is 0.276 e. The summed E-state index contributed by atoms with van der Waals surface area (Å²) in [5, 5.41) is 9.95. The minimum Gasteiger partial charge on any atom is -0.490 e. The first kappa shape index (κ1) is 20.0. The summed E-state index contributed by atoms with van der Waals surface area (Å²) in [6.07, 6.45) is 0.866. The van der Waals surface area contributed by atoms with Crippen molar-refractivity contribution in [1.29, 1.82) is 0 Å². The summed E-state index contributed by atoms with van der Waals surface area (Å²) in [5.74, 6) is 0.938. The number of nitrogens with one attached hydrogen (secondary N) is 2. The molecule has 2 N–H and O–H groups in total. The normalized spacial score (nSPS) is 11.2. The zero-order chi connectivity index (χ0) is 18.9. The third kappa shape index (κ3) is 5.88. The largest absolute Gasteiger partial charge is 0.490 e. The lowest BCUT2D eigenvalue weighted by molar-refractivity contribution is 0.102. The molecule has 2 rings (SSSR count). The Morgan fingerprint density at radius 1 is 1.27 bits per heavy atom. The van der Waals surface area contributed by atoms with E-state index in [1.54, 1.807) is 6.07 Å². The molecule has 0 bridgehead atoms. The standard InChI is InChI=1S/C20H30N4O2/c1-5-24(6-2)11-12-26-19-10-8-7-9-17(19)21-20(25)18-14-16(22-23-18)13-15(3)4/h7-10,14-15H,5-6,11-13H2,1-4H3,(H,21,25)(H,22,23). The fraction of sp³-hybridized carbons (Fsp3) is 0.500. The van der Waals surface area contributed by atoms with Crippen LogP contribution in [0.4, 0.5) is 5.69 Å². The van der Waals surface area contributed by atoms with Crippen molar-refractivity contribution >= 4 is 11.6 Å². The molecular formula is C20H30N4O2. The zero-order valence-electron chi connectivity index (χ0n) is 16.2. The highest BCUT2D eigenvalue weighted by molar-refractivity contribution is 6.03. The van der Waals surface area contributed by atoms with E-state index in [9.17, 15) is 4.79 Å². The van der Waals surface area contributed by atoms with E-state index in [0.717, 1.165) is 31.7 Å². The number of carbonyl (C=O) groups excluding carboxylic acids is 1. The lowest BCUT2D eigenvalue weighted by Gasteiger charge is -2.19. The van der Waals surface area contributed by atoms with Crippen LogP contribution in [0, 0.1) is 5.92 Å². The Morgan fingerprint density at radius 3 is 2.69 bits per heavy atom. The highest BCUT2D eigenvalue weighted by Crippen LogP contribution is 2.24. The van der Waals surface area contributed by atoms with E-state index in [-0.39, 0.29) is 5.91 Å². The molecule has 0 aliphatic carbocycles. The Bertz CT molecular complexity index is 693. The van der Waals surface area contributed by atoms with Gasteiger partial charge in [0.05, 0.1) is 5.69 Å². The number of ether oxygens (including phenoxy) is 1. The molecule has 142 valence electrons. The Hall–Kier alpha value is -2.34. The third-order valence-electron chi connectivity index (χ3n) is 4.19. The molecule has 26 heavy (non-hydrogen) atoms. The average Bonchev–Trinajstić information content (AvgIpc) is 3.08. The van der Waals surface area contributed by atoms with Gasteiger partial charge in [0.25, 0.3) is 5.91 Å². The lowest BCUT2D eigenvalue weighted by Crippen LogP contribution is -2.28. The number of nitrogens with zero attached hydrogens (tertiary/aromatic N) is 2. The number of anilines is 1. The van der Waals surface area contributed by atoms with Gasteiger partial charge in [0.1, 0.15) is 12.4 Å². The van der Waals surface area contributed by atoms with Crippen molar-refractivity contribution in [3.63, 3.8) is 0 Å². The van der Waals surface area contributed by atoms with Gasteiger partial charge in [0.2, 0.25) is 0 Å². The van der Waals surface area contributed by atoms with E-state index >= 15 is 0 Å². The molecule has 0 saturated carbocycles. The maximum absolute atomic E-state index is 12.5. The lowest BCUT2D eigenvalue weighted by atomic mass is 10.1. The molecule has 0 unspecified atom stereocenters. The Kier molecular flexibility index (Phi) is 7.66. The molecule has 6 nitrogen and oxygen atoms in total. The average molecular weight is 358 g/mol. The van der Waals surface area contributed by atoms with Crippen LogP contribution in [-0.2, 0) is 6.42 Å². The summed E-state index contributed by atoms with van der Waals surface area (Å²) >= 11 is 0. The number of carbonyl (C=O) groups is 1. The first-order valence-electron chi connectivity index (χ1n) is 9.33. The fourth-order valence-corrected chi connectivity index (χ4v) is 2.73. The van der Waals surface area contributed by atoms with Gasteiger partial charge in [-0.25, -0.2) is 0 Å². The van der Waals surface area contributed by atoms with Crippen LogP contribution in [0.2, 0.25) is 0 Å². The molecule has 0 aliphatic rings. The molecule has 1 aromatic heterocycles. The predicted molar refractivity (Wildman–Crippen MR) is 105 cm³/mol. The van der Waals surface area contributed by atoms with Crippen molar-refractivity contribution in [2.24, 2.45) is 5.92 Å². The second kappa shape index (κ2) is 9.97. The molecule has 1 aromatic carbocycles. The number of amides is 1. The minimum atomic E-state index is -0.240. The fourth-order valence-electron chi connectivity index (χ4n) is 2.73. The molecule has 2 aromatic rings. The first-order valence-corrected chi connectivity index (χ1v) is 9.33. The number of rotatable bonds is 10. The summed E-state index contributed by atoms with van der Waals surface area (Å²) in [6, 6.07) is 9.29. The van der Waals surface area contributed by atoms with Gasteiger partial charge in [0, 0.05) is 12.2 Å². The molecule has 1 heterocycles. The van der Waals surface area contributed by atoms with Crippen molar-refractivity contribution in [1.82, 2.24) is 15.1 Å². The van der Waals surface area contributed by atoms with E-state index < -0.39 is 0 Å². The van der Waals surface area contributed by atoms with Crippen LogP contribution in [0.15, 0.2) is 30.3 Å². The molecule has 0 saturated heterocycles. The highest BCUT2D eigenvalue weighted by atomic mass is 16.5. The number of H-pyrrole nitrogens is 1. The zero-order valence-corrected chi connectivity index (χ0v) is 16.2. The van der Waals surface area contributed by atoms with Gasteiger partial charge in [-0.1, -0.05) is 39.8 Å². The van der Waals surface area contributed by atoms with Gasteiger partial charge >= 0.3 is 0 Å². The Labute approximate surface area is 155 Å². The second-order valence-electron chi connectivity index (χ2n) is 6.70. The van der Waals surface area contributed by atoms with Crippen LogP contribution in [0.1, 0.15) is 43.9 Å². The van der Waals surface area contributed by atoms with Crippen LogP contribution in [0.3, 0.4) is 0 Å². The third-order valence-corrected chi connectivity index (χ3v) is 4.19. The van der Waals surface area contributed by atoms with Gasteiger partial charge in [-0.2, -0.15) is 5.10 Å². The molecule has 0 radical (unpaired) electrons. The molecule has 0 atom stereocenters. The number of hydrogen-bond acceptors (Lipinski definition) is 4. The number of hydrogen-bond donors (Lipinski definition) is 2. The molecule has 0 aliphatic heterocycles. The van der Waals surface area contributed by atoms with Crippen LogP contribution < -0.4 is 10.1 Å². The van der Waals surface area contributed by atoms with E-state index in [0.29, 0.717) is 29.7 Å². The van der Waals surface area contributed by atoms with E-state index in [2.05, 4.69) is 48.1 Å². The first-order chi connectivity index (χ1) is 12.5. The molecule has 6 heteroatoms. The predicted octanol–water partition coefficient (Wildman–Crippen LogP) is 3.58. The van der Waals surface area contributed by atoms with Crippen molar-refractivity contribution in [3.05, 3.63) is 41.7 Å². The smallest absolute Gasteiger partial charge is 0.276 e. The van der Waals surface area contributed by atoms with Crippen LogP contribution >= 0.6 is 0 Å². The van der Waals surface area contributed by atoms with Crippen molar-refractivity contribution < 1.29 is 9.53 Å². The summed E-state index contributed by atoms with van der Waals surface area (Å²) in [6.45, 7) is 12.0. The summed E-state index contributed by atoms with van der Waals surface area (Å²) in [7, 11) is 0. The number of benzene rings is 1. The number of aromatic nitrogens is 2. The molecule has 0 spiro atoms. The van der Waals surface area contributed by atoms with Gasteiger partial charge in [-0.05, 0) is 43.6 Å². The Morgan fingerprint density at radius 2 is 2.00 bits per heavy atom. The summed E-state index contributed by atoms with van der Waals surface area (Å²) in [4.78, 5) is 14.8. The SMILES string of the molecule is CCN(CC)CCOc1ccccc1NC(=O)c1cc(CC(C)C)[nH]n1. The van der Waals surface area contributed by atoms with Crippen molar-refractivity contribution in [2.45, 2.75) is 34.1 Å². The van der Waals surface area contributed by atoms with Crippen molar-refractivity contribution in [2.75, 3.05) is 31.6 Å². The number of likely N-dealkylation sites (N-methyl/N-ethyl adjacent to an activating group) is 1. The number of para-hydroxylation sites is 2. The maximum atomic E-state index is 12.5. The monoisotopic (exact) mass is 358 g/mol. The van der Waals surface area contributed by atoms with Gasteiger partial charge in [-0.3, -0.25) is 9.89 Å². The molecule has 1 amide bonds. The quantitative estimate of drug-likeness (QED) is 0.681. The second-order valence-corrected chi connectivity index (χ2v) is 6.70. The highest BCUT2D eigenvalue weighted by Gasteiger charge is 2.14. The van der Waals surface area contributed by atoms with Gasteiger partial charge in [0.15, 0.2) is 5.69 Å². The van der Waals surface area contributed by atoms with Gasteiger partial charge in [-0.15, -0.1) is 0 Å². The van der Waals surface area contributed by atoms with Crippen LogP contribution in [0.25, 0.3) is 0 Å². The van der Waals surface area contributed by atoms with Crippen LogP contribution in [0.5, 0.6) is 5.75 Å². The van der Waals surface area contributed by atoms with Crippen molar-refractivity contribution in [3.8, 4) is 5.75 Å². The summed E-state index contributed by atoms with van der Waals surface area (Å²) < 4.78 is 5.88. The minimum absolute atomic E-state index is 0.240. The topological polar surface area (TPSA) is 70.2 Å².